The highest BCUT2D eigenvalue weighted by atomic mass is 16.5. The quantitative estimate of drug-likeness (QED) is 0.342. The first kappa shape index (κ1) is 24.2. The number of rotatable bonds is 8. The Bertz CT molecular complexity index is 1660. The molecule has 0 radical (unpaired) electrons. The second-order valence-electron chi connectivity index (χ2n) is 9.07. The van der Waals surface area contributed by atoms with Crippen molar-refractivity contribution in [2.45, 2.75) is 39.7 Å². The van der Waals surface area contributed by atoms with Gasteiger partial charge in [0.2, 0.25) is 0 Å². The Balaban J connectivity index is 1.51. The Hall–Kier alpha value is -4.53. The molecule has 1 N–H and O–H groups in total. The van der Waals surface area contributed by atoms with E-state index in [0.29, 0.717) is 17.9 Å². The van der Waals surface area contributed by atoms with E-state index in [4.69, 9.17) is 9.51 Å². The Morgan fingerprint density at radius 3 is 2.41 bits per heavy atom. The van der Waals surface area contributed by atoms with E-state index in [1.807, 2.05) is 68.7 Å². The van der Waals surface area contributed by atoms with Crippen molar-refractivity contribution in [1.82, 2.24) is 29.5 Å². The van der Waals surface area contributed by atoms with Crippen LogP contribution in [0.5, 0.6) is 0 Å². The van der Waals surface area contributed by atoms with Crippen LogP contribution in [0.4, 0.5) is 0 Å². The lowest BCUT2D eigenvalue weighted by Crippen LogP contribution is -2.28. The van der Waals surface area contributed by atoms with Crippen molar-refractivity contribution in [2.75, 3.05) is 0 Å². The Morgan fingerprint density at radius 1 is 1.00 bits per heavy atom. The van der Waals surface area contributed by atoms with Crippen LogP contribution < -0.4 is 11.3 Å². The van der Waals surface area contributed by atoms with Gasteiger partial charge in [-0.15, -0.1) is 0 Å². The predicted octanol–water partition coefficient (Wildman–Crippen LogP) is 4.35. The number of H-pyrrole nitrogens is 1. The first-order chi connectivity index (χ1) is 17.9. The minimum Gasteiger partial charge on any atom is -0.296 e. The predicted molar refractivity (Wildman–Crippen MR) is 141 cm³/mol. The molecule has 0 aliphatic carbocycles. The smallest absolute Gasteiger partial charge is 0.296 e. The standard InChI is InChI=1S/C28H28N6O3/c1-4-5-10-24-30-18(2)25(21-15-29-33(3)17-21)27(35)34(24)16-19-11-13-20(14-12-19)22-8-6-7-9-23(22)26-31-28(36)37-32-26/h6-9,11-15,17H,4-5,10,16H2,1-3H3,(H,31,32,36). The van der Waals surface area contributed by atoms with E-state index < -0.39 is 5.76 Å². The summed E-state index contributed by atoms with van der Waals surface area (Å²) in [5.74, 6) is 0.577. The summed E-state index contributed by atoms with van der Waals surface area (Å²) < 4.78 is 8.17. The van der Waals surface area contributed by atoms with Gasteiger partial charge < -0.3 is 0 Å². The van der Waals surface area contributed by atoms with Gasteiger partial charge in [0.25, 0.3) is 5.56 Å². The van der Waals surface area contributed by atoms with E-state index in [9.17, 15) is 9.59 Å². The highest BCUT2D eigenvalue weighted by molar-refractivity contribution is 5.80. The van der Waals surface area contributed by atoms with Crippen molar-refractivity contribution in [1.29, 1.82) is 0 Å². The maximum atomic E-state index is 13.7. The first-order valence-corrected chi connectivity index (χ1v) is 12.3. The number of nitrogens with zero attached hydrogens (tertiary/aromatic N) is 5. The number of hydrogen-bond donors (Lipinski definition) is 1. The molecular weight excluding hydrogens is 468 g/mol. The van der Waals surface area contributed by atoms with Crippen LogP contribution >= 0.6 is 0 Å². The van der Waals surface area contributed by atoms with Crippen molar-refractivity contribution in [3.63, 3.8) is 0 Å². The van der Waals surface area contributed by atoms with Crippen molar-refractivity contribution < 1.29 is 4.52 Å². The van der Waals surface area contributed by atoms with E-state index in [1.165, 1.54) is 0 Å². The van der Waals surface area contributed by atoms with Crippen molar-refractivity contribution in [3.8, 4) is 33.6 Å². The van der Waals surface area contributed by atoms with Crippen LogP contribution in [0.25, 0.3) is 33.6 Å². The fourth-order valence-corrected chi connectivity index (χ4v) is 4.55. The molecule has 9 heteroatoms. The molecule has 0 aliphatic rings. The van der Waals surface area contributed by atoms with Gasteiger partial charge in [0.1, 0.15) is 5.82 Å². The van der Waals surface area contributed by atoms with Gasteiger partial charge in [0.05, 0.1) is 24.0 Å². The molecule has 5 aromatic rings. The van der Waals surface area contributed by atoms with Crippen molar-refractivity contribution in [2.24, 2.45) is 7.05 Å². The Morgan fingerprint density at radius 2 is 1.76 bits per heavy atom. The number of aryl methyl sites for hydroxylation is 3. The van der Waals surface area contributed by atoms with E-state index >= 15 is 0 Å². The third-order valence-corrected chi connectivity index (χ3v) is 6.40. The molecule has 0 saturated heterocycles. The molecule has 188 valence electrons. The van der Waals surface area contributed by atoms with E-state index in [-0.39, 0.29) is 5.56 Å². The number of benzene rings is 2. The summed E-state index contributed by atoms with van der Waals surface area (Å²) in [5.41, 5.74) is 5.64. The van der Waals surface area contributed by atoms with Gasteiger partial charge in [0.15, 0.2) is 5.82 Å². The molecular formula is C28H28N6O3. The average molecular weight is 497 g/mol. The Kier molecular flexibility index (Phi) is 6.68. The molecule has 0 spiro atoms. The average Bonchev–Trinajstić information content (AvgIpc) is 3.53. The molecule has 0 saturated carbocycles. The monoisotopic (exact) mass is 496 g/mol. The van der Waals surface area contributed by atoms with Crippen LogP contribution in [0.15, 0.2) is 75.0 Å². The topological polar surface area (TPSA) is 112 Å². The van der Waals surface area contributed by atoms with Gasteiger partial charge in [-0.25, -0.2) is 9.78 Å². The molecule has 0 amide bonds. The summed E-state index contributed by atoms with van der Waals surface area (Å²) in [6.07, 6.45) is 6.26. The second kappa shape index (κ2) is 10.2. The van der Waals surface area contributed by atoms with Gasteiger partial charge in [-0.1, -0.05) is 67.0 Å². The number of aromatic nitrogens is 6. The van der Waals surface area contributed by atoms with E-state index in [1.54, 1.807) is 15.4 Å². The number of hydrogen-bond acceptors (Lipinski definition) is 6. The lowest BCUT2D eigenvalue weighted by molar-refractivity contribution is 0.388. The van der Waals surface area contributed by atoms with Gasteiger partial charge in [-0.3, -0.25) is 23.6 Å². The molecule has 5 rings (SSSR count). The summed E-state index contributed by atoms with van der Waals surface area (Å²) in [5, 5.41) is 8.08. The number of nitrogens with one attached hydrogen (secondary N) is 1. The largest absolute Gasteiger partial charge is 0.439 e. The fourth-order valence-electron chi connectivity index (χ4n) is 4.55. The van der Waals surface area contributed by atoms with Crippen LogP contribution in [-0.4, -0.2) is 29.5 Å². The van der Waals surface area contributed by atoms with Gasteiger partial charge in [-0.2, -0.15) is 5.10 Å². The summed E-state index contributed by atoms with van der Waals surface area (Å²) in [4.78, 5) is 32.6. The van der Waals surface area contributed by atoms with Crippen LogP contribution in [0.2, 0.25) is 0 Å². The molecule has 0 bridgehead atoms. The number of unbranched alkanes of at least 4 members (excludes halogenated alkanes) is 1. The van der Waals surface area contributed by atoms with Crippen LogP contribution in [-0.2, 0) is 20.0 Å². The summed E-state index contributed by atoms with van der Waals surface area (Å²) >= 11 is 0. The van der Waals surface area contributed by atoms with Gasteiger partial charge in [-0.05, 0) is 30.0 Å². The highest BCUT2D eigenvalue weighted by Crippen LogP contribution is 2.30. The maximum Gasteiger partial charge on any atom is 0.439 e. The molecule has 3 heterocycles. The summed E-state index contributed by atoms with van der Waals surface area (Å²) in [6, 6.07) is 15.7. The minimum absolute atomic E-state index is 0.0592. The third-order valence-electron chi connectivity index (χ3n) is 6.40. The van der Waals surface area contributed by atoms with Crippen molar-refractivity contribution in [3.05, 3.63) is 98.9 Å². The summed E-state index contributed by atoms with van der Waals surface area (Å²) in [7, 11) is 1.83. The lowest BCUT2D eigenvalue weighted by atomic mass is 9.98. The maximum absolute atomic E-state index is 13.7. The highest BCUT2D eigenvalue weighted by Gasteiger charge is 2.17. The minimum atomic E-state index is -0.596. The Labute approximate surface area is 213 Å². The van der Waals surface area contributed by atoms with Crippen molar-refractivity contribution >= 4 is 0 Å². The number of aromatic amines is 1. The second-order valence-corrected chi connectivity index (χ2v) is 9.07. The SMILES string of the molecule is CCCCc1nc(C)c(-c2cnn(C)c2)c(=O)n1Cc1ccc(-c2ccccc2-c2noc(=O)[nH]2)cc1. The van der Waals surface area contributed by atoms with Gasteiger partial charge >= 0.3 is 5.76 Å². The van der Waals surface area contributed by atoms with Crippen LogP contribution in [0, 0.1) is 6.92 Å². The molecule has 0 unspecified atom stereocenters. The zero-order chi connectivity index (χ0) is 25.9. The van der Waals surface area contributed by atoms with Gasteiger partial charge in [0, 0.05) is 30.8 Å². The normalized spacial score (nSPS) is 11.2. The van der Waals surface area contributed by atoms with Crippen LogP contribution in [0.3, 0.4) is 0 Å². The van der Waals surface area contributed by atoms with E-state index in [2.05, 4.69) is 22.2 Å². The molecule has 0 fully saturated rings. The fraction of sp³-hybridized carbons (Fsp3) is 0.250. The lowest BCUT2D eigenvalue weighted by Gasteiger charge is -2.16. The summed E-state index contributed by atoms with van der Waals surface area (Å²) in [6.45, 7) is 4.43. The van der Waals surface area contributed by atoms with Crippen LogP contribution in [0.1, 0.15) is 36.8 Å². The zero-order valence-electron chi connectivity index (χ0n) is 21.1. The first-order valence-electron chi connectivity index (χ1n) is 12.3. The molecule has 9 nitrogen and oxygen atoms in total. The molecule has 3 aromatic heterocycles. The molecule has 0 atom stereocenters. The zero-order valence-corrected chi connectivity index (χ0v) is 21.1. The molecule has 2 aromatic carbocycles. The van der Waals surface area contributed by atoms with E-state index in [0.717, 1.165) is 58.6 Å². The third kappa shape index (κ3) is 4.93. The molecule has 0 aliphatic heterocycles. The molecule has 37 heavy (non-hydrogen) atoms.